The fraction of sp³-hybridized carbons (Fsp3) is 0.917. The molecule has 0 spiro atoms. The van der Waals surface area contributed by atoms with Crippen LogP contribution in [0.3, 0.4) is 0 Å². The summed E-state index contributed by atoms with van der Waals surface area (Å²) in [6.07, 6.45) is 2.31. The summed E-state index contributed by atoms with van der Waals surface area (Å²) in [5, 5.41) is 3.26. The van der Waals surface area contributed by atoms with Gasteiger partial charge in [0.2, 0.25) is 5.91 Å². The minimum atomic E-state index is 0.0744. The van der Waals surface area contributed by atoms with Crippen molar-refractivity contribution < 1.29 is 4.79 Å². The first-order valence-electron chi connectivity index (χ1n) is 6.41. The van der Waals surface area contributed by atoms with Gasteiger partial charge in [0.25, 0.3) is 0 Å². The number of nitrogens with zero attached hydrogens (tertiary/aromatic N) is 2. The van der Waals surface area contributed by atoms with Gasteiger partial charge in [0, 0.05) is 31.3 Å². The Bertz CT molecular complexity index is 258. The Morgan fingerprint density at radius 3 is 2.65 bits per heavy atom. The van der Waals surface area contributed by atoms with Crippen LogP contribution in [0.15, 0.2) is 0 Å². The lowest BCUT2D eigenvalue weighted by molar-refractivity contribution is -0.134. The van der Waals surface area contributed by atoms with Crippen molar-refractivity contribution in [2.75, 3.05) is 45.4 Å². The predicted octanol–water partition coefficient (Wildman–Crippen LogP) is 0.449. The van der Waals surface area contributed by atoms with Crippen LogP contribution in [0, 0.1) is 5.92 Å². The lowest BCUT2D eigenvalue weighted by Gasteiger charge is -2.34. The van der Waals surface area contributed by atoms with Crippen LogP contribution >= 0.6 is 11.8 Å². The number of likely N-dealkylation sites (tertiary alicyclic amines) is 1. The highest BCUT2D eigenvalue weighted by Gasteiger charge is 2.30. The highest BCUT2D eigenvalue weighted by Crippen LogP contribution is 2.20. The summed E-state index contributed by atoms with van der Waals surface area (Å²) in [5.74, 6) is 2.95. The lowest BCUT2D eigenvalue weighted by Crippen LogP contribution is -2.48. The van der Waals surface area contributed by atoms with E-state index in [1.165, 1.54) is 0 Å². The lowest BCUT2D eigenvalue weighted by atomic mass is 9.96. The van der Waals surface area contributed by atoms with E-state index in [4.69, 9.17) is 0 Å². The number of hydrogen-bond donors (Lipinski definition) is 1. The van der Waals surface area contributed by atoms with Crippen molar-refractivity contribution >= 4 is 17.7 Å². The first kappa shape index (κ1) is 13.2. The summed E-state index contributed by atoms with van der Waals surface area (Å²) >= 11 is 1.82. The van der Waals surface area contributed by atoms with Gasteiger partial charge in [0.05, 0.1) is 6.04 Å². The third kappa shape index (κ3) is 3.60. The topological polar surface area (TPSA) is 35.6 Å². The average Bonchev–Trinajstić information content (AvgIpc) is 2.82. The maximum atomic E-state index is 12.2. The fourth-order valence-corrected chi connectivity index (χ4v) is 3.56. The predicted molar refractivity (Wildman–Crippen MR) is 72.1 cm³/mol. The maximum Gasteiger partial charge on any atom is 0.240 e. The van der Waals surface area contributed by atoms with Crippen LogP contribution in [0.2, 0.25) is 0 Å². The molecule has 0 aromatic carbocycles. The average molecular weight is 257 g/mol. The highest BCUT2D eigenvalue weighted by atomic mass is 32.2. The second-order valence-corrected chi connectivity index (χ2v) is 6.33. The molecule has 2 heterocycles. The van der Waals surface area contributed by atoms with Crippen LogP contribution in [-0.2, 0) is 4.79 Å². The van der Waals surface area contributed by atoms with Crippen LogP contribution in [0.4, 0.5) is 0 Å². The van der Waals surface area contributed by atoms with Gasteiger partial charge in [-0.25, -0.2) is 0 Å². The monoisotopic (exact) mass is 257 g/mol. The first-order chi connectivity index (χ1) is 8.16. The molecule has 0 aromatic rings. The summed E-state index contributed by atoms with van der Waals surface area (Å²) in [4.78, 5) is 16.5. The van der Waals surface area contributed by atoms with Crippen molar-refractivity contribution in [2.45, 2.75) is 18.9 Å². The van der Waals surface area contributed by atoms with E-state index in [0.29, 0.717) is 5.91 Å². The molecule has 0 radical (unpaired) electrons. The van der Waals surface area contributed by atoms with E-state index in [2.05, 4.69) is 29.2 Å². The van der Waals surface area contributed by atoms with Crippen LogP contribution in [0.1, 0.15) is 12.8 Å². The summed E-state index contributed by atoms with van der Waals surface area (Å²) in [5.41, 5.74) is 0. The van der Waals surface area contributed by atoms with Crippen molar-refractivity contribution in [3.63, 3.8) is 0 Å². The molecule has 1 atom stereocenters. The van der Waals surface area contributed by atoms with E-state index >= 15 is 0 Å². The molecular formula is C12H23N3OS. The Labute approximate surface area is 108 Å². The van der Waals surface area contributed by atoms with Crippen molar-refractivity contribution in [1.29, 1.82) is 0 Å². The summed E-state index contributed by atoms with van der Waals surface area (Å²) in [6.45, 7) is 3.04. The Balaban J connectivity index is 1.76. The van der Waals surface area contributed by atoms with Gasteiger partial charge in [-0.3, -0.25) is 10.1 Å². The van der Waals surface area contributed by atoms with Gasteiger partial charge >= 0.3 is 0 Å². The second kappa shape index (κ2) is 6.07. The molecule has 0 saturated carbocycles. The number of rotatable bonds is 3. The molecule has 2 saturated heterocycles. The van der Waals surface area contributed by atoms with Crippen LogP contribution in [0.5, 0.6) is 0 Å². The molecule has 2 aliphatic heterocycles. The molecule has 1 N–H and O–H groups in total. The molecule has 2 fully saturated rings. The third-order valence-corrected chi connectivity index (χ3v) is 4.50. The number of piperidine rings is 1. The maximum absolute atomic E-state index is 12.2. The van der Waals surface area contributed by atoms with Crippen LogP contribution < -0.4 is 5.32 Å². The Hall–Kier alpha value is -0.260. The number of amides is 1. The zero-order chi connectivity index (χ0) is 12.3. The van der Waals surface area contributed by atoms with E-state index in [-0.39, 0.29) is 6.04 Å². The molecular weight excluding hydrogens is 234 g/mol. The van der Waals surface area contributed by atoms with Gasteiger partial charge in [-0.2, -0.15) is 0 Å². The molecule has 98 valence electrons. The van der Waals surface area contributed by atoms with Gasteiger partial charge in [-0.1, -0.05) is 0 Å². The third-order valence-electron chi connectivity index (χ3n) is 3.56. The van der Waals surface area contributed by atoms with E-state index in [9.17, 15) is 4.79 Å². The van der Waals surface area contributed by atoms with Crippen molar-refractivity contribution in [1.82, 2.24) is 15.1 Å². The summed E-state index contributed by atoms with van der Waals surface area (Å²) in [7, 11) is 4.24. The summed E-state index contributed by atoms with van der Waals surface area (Å²) < 4.78 is 0. The number of carbonyl (C=O) groups excluding carboxylic acids is 1. The minimum absolute atomic E-state index is 0.0744. The van der Waals surface area contributed by atoms with E-state index in [1.807, 2.05) is 11.8 Å². The Morgan fingerprint density at radius 1 is 1.41 bits per heavy atom. The molecule has 2 aliphatic rings. The number of hydrogen-bond acceptors (Lipinski definition) is 4. The SMILES string of the molecule is CN(C)CC1CCN(C(=O)C2CSCN2)CC1. The highest BCUT2D eigenvalue weighted by molar-refractivity contribution is 7.99. The van der Waals surface area contributed by atoms with Crippen molar-refractivity contribution in [2.24, 2.45) is 5.92 Å². The molecule has 1 unspecified atom stereocenters. The minimum Gasteiger partial charge on any atom is -0.341 e. The largest absolute Gasteiger partial charge is 0.341 e. The van der Waals surface area contributed by atoms with Gasteiger partial charge in [0.15, 0.2) is 0 Å². The fourth-order valence-electron chi connectivity index (χ4n) is 2.63. The zero-order valence-electron chi connectivity index (χ0n) is 10.8. The van der Waals surface area contributed by atoms with Crippen molar-refractivity contribution in [3.05, 3.63) is 0 Å². The smallest absolute Gasteiger partial charge is 0.240 e. The van der Waals surface area contributed by atoms with E-state index in [1.54, 1.807) is 0 Å². The Kier molecular flexibility index (Phi) is 4.70. The standard InChI is InChI=1S/C12H23N3OS/c1-14(2)7-10-3-5-15(6-4-10)12(16)11-8-17-9-13-11/h10-11,13H,3-9H2,1-2H3. The van der Waals surface area contributed by atoms with Gasteiger partial charge < -0.3 is 9.80 Å². The molecule has 5 heteroatoms. The van der Waals surface area contributed by atoms with E-state index in [0.717, 1.165) is 50.0 Å². The number of nitrogens with one attached hydrogen (secondary N) is 1. The number of carbonyl (C=O) groups is 1. The molecule has 4 nitrogen and oxygen atoms in total. The number of thioether (sulfide) groups is 1. The van der Waals surface area contributed by atoms with Gasteiger partial charge in [-0.05, 0) is 32.9 Å². The first-order valence-corrected chi connectivity index (χ1v) is 7.57. The van der Waals surface area contributed by atoms with Gasteiger partial charge in [-0.15, -0.1) is 11.8 Å². The quantitative estimate of drug-likeness (QED) is 0.796. The van der Waals surface area contributed by atoms with Crippen LogP contribution in [0.25, 0.3) is 0 Å². The van der Waals surface area contributed by atoms with Crippen LogP contribution in [-0.4, -0.2) is 67.1 Å². The van der Waals surface area contributed by atoms with Crippen molar-refractivity contribution in [3.8, 4) is 0 Å². The molecule has 17 heavy (non-hydrogen) atoms. The molecule has 0 bridgehead atoms. The molecule has 0 aromatic heterocycles. The van der Waals surface area contributed by atoms with E-state index < -0.39 is 0 Å². The molecule has 2 rings (SSSR count). The zero-order valence-corrected chi connectivity index (χ0v) is 11.6. The summed E-state index contributed by atoms with van der Waals surface area (Å²) in [6, 6.07) is 0.0744. The van der Waals surface area contributed by atoms with Gasteiger partial charge in [0.1, 0.15) is 0 Å². The normalized spacial score (nSPS) is 26.8. The molecule has 0 aliphatic carbocycles. The second-order valence-electron chi connectivity index (χ2n) is 5.30. The molecule has 1 amide bonds. The Morgan fingerprint density at radius 2 is 2.12 bits per heavy atom.